The minimum absolute atomic E-state index is 0.0492. The van der Waals surface area contributed by atoms with Crippen molar-refractivity contribution in [3.63, 3.8) is 0 Å². The summed E-state index contributed by atoms with van der Waals surface area (Å²) in [6.45, 7) is 4.69. The minimum Gasteiger partial charge on any atom is -0.343 e. The first-order valence-electron chi connectivity index (χ1n) is 11.1. The quantitative estimate of drug-likeness (QED) is 0.592. The Morgan fingerprint density at radius 3 is 2.64 bits per heavy atom. The summed E-state index contributed by atoms with van der Waals surface area (Å²) in [5, 5.41) is 14.0. The van der Waals surface area contributed by atoms with Gasteiger partial charge in [-0.1, -0.05) is 6.07 Å². The molecule has 33 heavy (non-hydrogen) atoms. The molecule has 3 aromatic heterocycles. The van der Waals surface area contributed by atoms with Crippen LogP contribution in [0.5, 0.6) is 0 Å². The third kappa shape index (κ3) is 4.45. The summed E-state index contributed by atoms with van der Waals surface area (Å²) in [5.74, 6) is 0.576. The molecule has 174 valence electrons. The first-order chi connectivity index (χ1) is 16.0. The van der Waals surface area contributed by atoms with Crippen molar-refractivity contribution in [3.8, 4) is 11.4 Å². The van der Waals surface area contributed by atoms with Gasteiger partial charge in [0.1, 0.15) is 5.82 Å². The molecule has 3 aromatic rings. The molecule has 0 aliphatic carbocycles. The molecule has 0 saturated carbocycles. The third-order valence-corrected chi connectivity index (χ3v) is 6.45. The van der Waals surface area contributed by atoms with E-state index in [1.807, 2.05) is 11.0 Å². The van der Waals surface area contributed by atoms with E-state index in [0.29, 0.717) is 17.6 Å². The number of anilines is 2. The summed E-state index contributed by atoms with van der Waals surface area (Å²) >= 11 is 0. The number of hydrogen-bond acceptors (Lipinski definition) is 6. The number of carbonyl (C=O) groups is 1. The van der Waals surface area contributed by atoms with Crippen LogP contribution in [0.4, 0.5) is 20.3 Å². The van der Waals surface area contributed by atoms with Gasteiger partial charge >= 0.3 is 0 Å². The summed E-state index contributed by atoms with van der Waals surface area (Å²) in [6, 6.07) is 7.62. The van der Waals surface area contributed by atoms with Gasteiger partial charge < -0.3 is 10.2 Å². The van der Waals surface area contributed by atoms with E-state index in [2.05, 4.69) is 30.5 Å². The predicted octanol–water partition coefficient (Wildman–Crippen LogP) is 3.22. The molecule has 2 saturated heterocycles. The Labute approximate surface area is 189 Å². The normalized spacial score (nSPS) is 18.0. The maximum absolute atomic E-state index is 13.7. The number of aromatic nitrogens is 5. The Morgan fingerprint density at radius 2 is 1.97 bits per heavy atom. The number of aromatic amines is 1. The Bertz CT molecular complexity index is 1100. The van der Waals surface area contributed by atoms with Crippen molar-refractivity contribution in [2.24, 2.45) is 0 Å². The maximum Gasteiger partial charge on any atom is 0.284 e. The maximum atomic E-state index is 13.7. The molecule has 0 spiro atoms. The van der Waals surface area contributed by atoms with E-state index in [9.17, 15) is 13.6 Å². The zero-order chi connectivity index (χ0) is 22.9. The molecule has 2 fully saturated rings. The zero-order valence-corrected chi connectivity index (χ0v) is 18.3. The van der Waals surface area contributed by atoms with E-state index >= 15 is 0 Å². The van der Waals surface area contributed by atoms with Gasteiger partial charge in [0.2, 0.25) is 5.91 Å². The van der Waals surface area contributed by atoms with Crippen molar-refractivity contribution in [2.45, 2.75) is 38.3 Å². The van der Waals surface area contributed by atoms with Gasteiger partial charge in [0.25, 0.3) is 6.43 Å². The number of piperidine rings is 1. The number of carbonyl (C=O) groups excluding carboxylic acids is 1. The lowest BCUT2D eigenvalue weighted by atomic mass is 9.97. The molecule has 2 aliphatic heterocycles. The molecule has 0 atom stereocenters. The molecule has 5 heterocycles. The van der Waals surface area contributed by atoms with Gasteiger partial charge in [0.15, 0.2) is 5.69 Å². The highest BCUT2D eigenvalue weighted by Crippen LogP contribution is 2.33. The van der Waals surface area contributed by atoms with E-state index in [1.54, 1.807) is 42.2 Å². The minimum atomic E-state index is -2.70. The molecule has 9 nitrogen and oxygen atoms in total. The Kier molecular flexibility index (Phi) is 5.79. The number of rotatable bonds is 6. The molecule has 1 amide bonds. The molecule has 0 bridgehead atoms. The fraction of sp³-hybridized carbons (Fsp3) is 0.455. The highest BCUT2D eigenvalue weighted by atomic mass is 19.3. The number of halogens is 2. The Hall–Kier alpha value is -3.34. The van der Waals surface area contributed by atoms with Gasteiger partial charge in [0.05, 0.1) is 23.1 Å². The lowest BCUT2D eigenvalue weighted by Gasteiger charge is -2.47. The van der Waals surface area contributed by atoms with Gasteiger partial charge in [-0.15, -0.1) is 0 Å². The topological polar surface area (TPSA) is 95.0 Å². The van der Waals surface area contributed by atoms with Crippen LogP contribution in [-0.2, 0) is 4.79 Å². The lowest BCUT2D eigenvalue weighted by molar-refractivity contribution is -0.130. The molecule has 2 aliphatic rings. The summed E-state index contributed by atoms with van der Waals surface area (Å²) < 4.78 is 29.1. The smallest absolute Gasteiger partial charge is 0.284 e. The molecule has 0 aromatic carbocycles. The van der Waals surface area contributed by atoms with Crippen molar-refractivity contribution in [3.05, 3.63) is 42.4 Å². The largest absolute Gasteiger partial charge is 0.343 e. The predicted molar refractivity (Wildman–Crippen MR) is 118 cm³/mol. The fourth-order valence-corrected chi connectivity index (χ4v) is 4.54. The second kappa shape index (κ2) is 8.89. The SMILES string of the molecule is CC(=O)N1CCC(N2CC(n3cc(Nc4cccc(-c5ccn[nH]5)n4)c(C(F)F)n3)C2)CC1. The Balaban J connectivity index is 1.25. The molecule has 0 unspecified atom stereocenters. The summed E-state index contributed by atoms with van der Waals surface area (Å²) in [5.41, 5.74) is 1.38. The van der Waals surface area contributed by atoms with Gasteiger partial charge in [0, 0.05) is 51.5 Å². The lowest BCUT2D eigenvalue weighted by Crippen LogP contribution is -2.56. The first-order valence-corrected chi connectivity index (χ1v) is 11.1. The number of nitrogens with zero attached hydrogens (tertiary/aromatic N) is 6. The average molecular weight is 457 g/mol. The van der Waals surface area contributed by atoms with E-state index in [0.717, 1.165) is 44.7 Å². The van der Waals surface area contributed by atoms with Gasteiger partial charge in [-0.25, -0.2) is 13.8 Å². The van der Waals surface area contributed by atoms with Crippen molar-refractivity contribution in [1.29, 1.82) is 0 Å². The van der Waals surface area contributed by atoms with Crippen molar-refractivity contribution >= 4 is 17.4 Å². The highest BCUT2D eigenvalue weighted by Gasteiger charge is 2.36. The number of amides is 1. The number of likely N-dealkylation sites (tertiary alicyclic amines) is 2. The van der Waals surface area contributed by atoms with Crippen molar-refractivity contribution < 1.29 is 13.6 Å². The van der Waals surface area contributed by atoms with Crippen LogP contribution in [0.25, 0.3) is 11.4 Å². The average Bonchev–Trinajstić information content (AvgIpc) is 3.44. The number of pyridine rings is 1. The van der Waals surface area contributed by atoms with Crippen LogP contribution < -0.4 is 5.32 Å². The van der Waals surface area contributed by atoms with Crippen LogP contribution in [0.15, 0.2) is 36.7 Å². The third-order valence-electron chi connectivity index (χ3n) is 6.45. The van der Waals surface area contributed by atoms with Gasteiger partial charge in [-0.05, 0) is 31.0 Å². The standard InChI is InChI=1S/C22H26F2N8O/c1-14(33)30-9-6-15(7-10-30)31-11-16(12-31)32-13-19(21(29-32)22(23)24)27-20-4-2-3-17(26-20)18-5-8-25-28-18/h2-5,8,13,15-16,22H,6-7,9-12H2,1H3,(H,25,28)(H,26,27). The molecule has 2 N–H and O–H groups in total. The van der Waals surface area contributed by atoms with Crippen LogP contribution in [0.3, 0.4) is 0 Å². The summed E-state index contributed by atoms with van der Waals surface area (Å²) in [4.78, 5) is 20.2. The Morgan fingerprint density at radius 1 is 1.18 bits per heavy atom. The molecule has 11 heteroatoms. The number of nitrogens with one attached hydrogen (secondary N) is 2. The van der Waals surface area contributed by atoms with Crippen LogP contribution in [0.1, 0.15) is 37.9 Å². The number of H-pyrrole nitrogens is 1. The monoisotopic (exact) mass is 456 g/mol. The molecular weight excluding hydrogens is 430 g/mol. The van der Waals surface area contributed by atoms with E-state index in [4.69, 9.17) is 0 Å². The van der Waals surface area contributed by atoms with Crippen LogP contribution >= 0.6 is 0 Å². The summed E-state index contributed by atoms with van der Waals surface area (Å²) in [6.07, 6.45) is 2.46. The summed E-state index contributed by atoms with van der Waals surface area (Å²) in [7, 11) is 0. The molecular formula is C22H26F2N8O. The first kappa shape index (κ1) is 21.5. The second-order valence-corrected chi connectivity index (χ2v) is 8.56. The number of alkyl halides is 2. The van der Waals surface area contributed by atoms with E-state index < -0.39 is 6.43 Å². The van der Waals surface area contributed by atoms with Crippen LogP contribution in [0.2, 0.25) is 0 Å². The van der Waals surface area contributed by atoms with Gasteiger partial charge in [-0.3, -0.25) is 19.5 Å². The fourth-order valence-electron chi connectivity index (χ4n) is 4.54. The highest BCUT2D eigenvalue weighted by molar-refractivity contribution is 5.73. The van der Waals surface area contributed by atoms with Gasteiger partial charge in [-0.2, -0.15) is 10.2 Å². The van der Waals surface area contributed by atoms with E-state index in [-0.39, 0.29) is 23.3 Å². The second-order valence-electron chi connectivity index (χ2n) is 8.56. The van der Waals surface area contributed by atoms with Crippen LogP contribution in [0, 0.1) is 0 Å². The molecule has 0 radical (unpaired) electrons. The molecule has 5 rings (SSSR count). The van der Waals surface area contributed by atoms with Crippen LogP contribution in [-0.4, -0.2) is 72.9 Å². The van der Waals surface area contributed by atoms with E-state index in [1.165, 1.54) is 0 Å². The number of hydrogen-bond donors (Lipinski definition) is 2. The van der Waals surface area contributed by atoms with Crippen molar-refractivity contribution in [2.75, 3.05) is 31.5 Å². The zero-order valence-electron chi connectivity index (χ0n) is 18.3. The van der Waals surface area contributed by atoms with Crippen molar-refractivity contribution in [1.82, 2.24) is 34.8 Å².